The average Bonchev–Trinajstić information content (AvgIpc) is 2.77. The lowest BCUT2D eigenvalue weighted by Gasteiger charge is -2.08. The lowest BCUT2D eigenvalue weighted by Crippen LogP contribution is -1.98. The van der Waals surface area contributed by atoms with Gasteiger partial charge in [0.05, 0.1) is 18.9 Å². The number of rotatable bonds is 2. The summed E-state index contributed by atoms with van der Waals surface area (Å²) in [5.41, 5.74) is 2.48. The second kappa shape index (κ2) is 4.07. The summed E-state index contributed by atoms with van der Waals surface area (Å²) in [5.74, 6) is 0.734. The molecule has 0 fully saturated rings. The number of aryl methyl sites for hydroxylation is 1. The molecule has 0 spiro atoms. The fourth-order valence-electron chi connectivity index (χ4n) is 1.49. The minimum atomic E-state index is 0.531. The molecule has 0 unspecified atom stereocenters. The van der Waals surface area contributed by atoms with Crippen molar-refractivity contribution in [1.82, 2.24) is 9.78 Å². The number of ether oxygens (including phenoxy) is 1. The zero-order valence-electron chi connectivity index (χ0n) is 9.14. The fraction of sp³-hybridized carbons (Fsp3) is 0.167. The van der Waals surface area contributed by atoms with Crippen molar-refractivity contribution >= 4 is 0 Å². The van der Waals surface area contributed by atoms with Crippen LogP contribution in [0.4, 0.5) is 0 Å². The van der Waals surface area contributed by atoms with Gasteiger partial charge < -0.3 is 4.74 Å². The van der Waals surface area contributed by atoms with Crippen LogP contribution in [0.15, 0.2) is 30.6 Å². The number of hydrogen-bond acceptors (Lipinski definition) is 3. The molecule has 0 saturated heterocycles. The van der Waals surface area contributed by atoms with E-state index in [4.69, 9.17) is 10.00 Å². The van der Waals surface area contributed by atoms with Gasteiger partial charge in [0.1, 0.15) is 17.5 Å². The van der Waals surface area contributed by atoms with Gasteiger partial charge in [-0.25, -0.2) is 4.68 Å². The maximum Gasteiger partial charge on any atom is 0.144 e. The van der Waals surface area contributed by atoms with Crippen LogP contribution in [-0.2, 0) is 0 Å². The summed E-state index contributed by atoms with van der Waals surface area (Å²) in [6, 6.07) is 7.87. The lowest BCUT2D eigenvalue weighted by atomic mass is 10.2. The smallest absolute Gasteiger partial charge is 0.144 e. The Bertz CT molecular complexity index is 552. The minimum absolute atomic E-state index is 0.531. The number of nitriles is 1. The van der Waals surface area contributed by atoms with E-state index in [1.165, 1.54) is 6.20 Å². The Kier molecular flexibility index (Phi) is 2.61. The second-order valence-corrected chi connectivity index (χ2v) is 3.46. The molecule has 0 bridgehead atoms. The highest BCUT2D eigenvalue weighted by Crippen LogP contribution is 2.23. The zero-order valence-corrected chi connectivity index (χ0v) is 9.14. The van der Waals surface area contributed by atoms with Gasteiger partial charge in [-0.3, -0.25) is 0 Å². The molecule has 0 radical (unpaired) electrons. The Morgan fingerprint density at radius 2 is 2.25 bits per heavy atom. The molecule has 16 heavy (non-hydrogen) atoms. The number of benzene rings is 1. The molecule has 0 aliphatic heterocycles. The van der Waals surface area contributed by atoms with Crippen molar-refractivity contribution in [3.63, 3.8) is 0 Å². The van der Waals surface area contributed by atoms with Crippen LogP contribution in [0.2, 0.25) is 0 Å². The summed E-state index contributed by atoms with van der Waals surface area (Å²) in [7, 11) is 1.61. The molecule has 0 amide bonds. The summed E-state index contributed by atoms with van der Waals surface area (Å²) >= 11 is 0. The predicted octanol–water partition coefficient (Wildman–Crippen LogP) is 2.06. The average molecular weight is 213 g/mol. The van der Waals surface area contributed by atoms with E-state index in [0.29, 0.717) is 5.56 Å². The Labute approximate surface area is 93.7 Å². The van der Waals surface area contributed by atoms with Crippen LogP contribution in [0.5, 0.6) is 5.75 Å². The summed E-state index contributed by atoms with van der Waals surface area (Å²) < 4.78 is 6.90. The van der Waals surface area contributed by atoms with Crippen LogP contribution in [0.1, 0.15) is 11.1 Å². The third-order valence-corrected chi connectivity index (χ3v) is 2.29. The van der Waals surface area contributed by atoms with Crippen molar-refractivity contribution in [2.75, 3.05) is 7.11 Å². The molecule has 1 aromatic carbocycles. The van der Waals surface area contributed by atoms with Crippen LogP contribution < -0.4 is 4.74 Å². The molecule has 4 nitrogen and oxygen atoms in total. The Hall–Kier alpha value is -2.28. The van der Waals surface area contributed by atoms with Crippen molar-refractivity contribution in [1.29, 1.82) is 5.26 Å². The van der Waals surface area contributed by atoms with Gasteiger partial charge >= 0.3 is 0 Å². The van der Waals surface area contributed by atoms with Gasteiger partial charge in [-0.1, -0.05) is 6.07 Å². The standard InChI is InChI=1S/C12H11N3O/c1-9-3-4-12(16-2)11(5-9)15-8-10(6-13)7-14-15/h3-5,7-8H,1-2H3. The van der Waals surface area contributed by atoms with Crippen LogP contribution in [-0.4, -0.2) is 16.9 Å². The Morgan fingerprint density at radius 3 is 2.88 bits per heavy atom. The number of methoxy groups -OCH3 is 1. The van der Waals surface area contributed by atoms with Crippen molar-refractivity contribution in [2.24, 2.45) is 0 Å². The highest BCUT2D eigenvalue weighted by atomic mass is 16.5. The molecule has 0 N–H and O–H groups in total. The molecule has 0 aliphatic rings. The second-order valence-electron chi connectivity index (χ2n) is 3.46. The number of hydrogen-bond donors (Lipinski definition) is 0. The van der Waals surface area contributed by atoms with Crippen molar-refractivity contribution in [3.05, 3.63) is 41.7 Å². The fourth-order valence-corrected chi connectivity index (χ4v) is 1.49. The number of nitrogens with zero attached hydrogens (tertiary/aromatic N) is 3. The molecule has 2 rings (SSSR count). The Morgan fingerprint density at radius 1 is 1.44 bits per heavy atom. The molecule has 2 aromatic rings. The van der Waals surface area contributed by atoms with Crippen LogP contribution in [0.25, 0.3) is 5.69 Å². The van der Waals surface area contributed by atoms with E-state index < -0.39 is 0 Å². The molecular weight excluding hydrogens is 202 g/mol. The highest BCUT2D eigenvalue weighted by Gasteiger charge is 2.07. The normalized spacial score (nSPS) is 9.81. The maximum atomic E-state index is 8.74. The largest absolute Gasteiger partial charge is 0.494 e. The molecule has 4 heteroatoms. The van der Waals surface area contributed by atoms with Gasteiger partial charge in [0.2, 0.25) is 0 Å². The summed E-state index contributed by atoms with van der Waals surface area (Å²) in [4.78, 5) is 0. The first kappa shape index (κ1) is 10.2. The molecule has 0 atom stereocenters. The molecule has 80 valence electrons. The first-order valence-electron chi connectivity index (χ1n) is 4.84. The molecule has 1 aromatic heterocycles. The van der Waals surface area contributed by atoms with Gasteiger partial charge in [-0.2, -0.15) is 10.4 Å². The zero-order chi connectivity index (χ0) is 11.5. The van der Waals surface area contributed by atoms with Crippen molar-refractivity contribution < 1.29 is 4.74 Å². The van der Waals surface area contributed by atoms with Crippen molar-refractivity contribution in [3.8, 4) is 17.5 Å². The van der Waals surface area contributed by atoms with E-state index in [1.54, 1.807) is 18.0 Å². The van der Waals surface area contributed by atoms with Gasteiger partial charge in [-0.15, -0.1) is 0 Å². The SMILES string of the molecule is COc1ccc(C)cc1-n1cc(C#N)cn1. The first-order chi connectivity index (χ1) is 7.74. The number of aromatic nitrogens is 2. The molecule has 1 heterocycles. The van der Waals surface area contributed by atoms with E-state index >= 15 is 0 Å². The van der Waals surface area contributed by atoms with Gasteiger partial charge in [0, 0.05) is 6.20 Å². The van der Waals surface area contributed by atoms with Crippen molar-refractivity contribution in [2.45, 2.75) is 6.92 Å². The van der Waals surface area contributed by atoms with Gasteiger partial charge in [-0.05, 0) is 24.6 Å². The third-order valence-electron chi connectivity index (χ3n) is 2.29. The van der Waals surface area contributed by atoms with Gasteiger partial charge in [0.25, 0.3) is 0 Å². The minimum Gasteiger partial charge on any atom is -0.494 e. The molecule has 0 saturated carbocycles. The topological polar surface area (TPSA) is 50.8 Å². The van der Waals surface area contributed by atoms with Crippen LogP contribution in [0, 0.1) is 18.3 Å². The van der Waals surface area contributed by atoms with Crippen LogP contribution in [0.3, 0.4) is 0 Å². The van der Waals surface area contributed by atoms with E-state index in [0.717, 1.165) is 17.0 Å². The van der Waals surface area contributed by atoms with Gasteiger partial charge in [0.15, 0.2) is 0 Å². The van der Waals surface area contributed by atoms with E-state index in [-0.39, 0.29) is 0 Å². The highest BCUT2D eigenvalue weighted by molar-refractivity contribution is 5.49. The summed E-state index contributed by atoms with van der Waals surface area (Å²) in [5, 5.41) is 12.9. The summed E-state index contributed by atoms with van der Waals surface area (Å²) in [6.07, 6.45) is 3.21. The quantitative estimate of drug-likeness (QED) is 0.767. The first-order valence-corrected chi connectivity index (χ1v) is 4.84. The maximum absolute atomic E-state index is 8.74. The lowest BCUT2D eigenvalue weighted by molar-refractivity contribution is 0.411. The van der Waals surface area contributed by atoms with Crippen LogP contribution >= 0.6 is 0 Å². The van der Waals surface area contributed by atoms with E-state index in [1.807, 2.05) is 31.2 Å². The molecular formula is C12H11N3O. The predicted molar refractivity (Wildman–Crippen MR) is 59.6 cm³/mol. The third kappa shape index (κ3) is 1.75. The van der Waals surface area contributed by atoms with E-state index in [9.17, 15) is 0 Å². The Balaban J connectivity index is 2.54. The molecule has 0 aliphatic carbocycles. The van der Waals surface area contributed by atoms with E-state index in [2.05, 4.69) is 5.10 Å². The summed E-state index contributed by atoms with van der Waals surface area (Å²) in [6.45, 7) is 2.00. The monoisotopic (exact) mass is 213 g/mol.